The molecule has 0 saturated heterocycles. The van der Waals surface area contributed by atoms with E-state index in [1.807, 2.05) is 13.8 Å². The number of Topliss-reactive ketones (excluding diaryl/α,β-unsaturated/α-hetero) is 1. The second kappa shape index (κ2) is 5.98. The summed E-state index contributed by atoms with van der Waals surface area (Å²) in [6.07, 6.45) is 2.47. The van der Waals surface area contributed by atoms with Gasteiger partial charge in [-0.15, -0.1) is 0 Å². The summed E-state index contributed by atoms with van der Waals surface area (Å²) in [5.41, 5.74) is 1.29. The number of halogens is 1. The number of carbonyl (C=O) groups excluding carboxylic acids is 3. The third-order valence-electron chi connectivity index (χ3n) is 8.09. The van der Waals surface area contributed by atoms with Crippen molar-refractivity contribution in [3.8, 4) is 0 Å². The van der Waals surface area contributed by atoms with Crippen molar-refractivity contribution in [2.75, 3.05) is 0 Å². The number of carbonyl (C=O) groups is 3. The highest BCUT2D eigenvalue weighted by molar-refractivity contribution is 6.07. The number of hydrogen-bond acceptors (Lipinski definition) is 4. The summed E-state index contributed by atoms with van der Waals surface area (Å²) in [5.74, 6) is -0.743. The Morgan fingerprint density at radius 3 is 2.61 bits per heavy atom. The normalized spacial score (nSPS) is 42.6. The monoisotopic (exact) mass is 386 g/mol. The van der Waals surface area contributed by atoms with Crippen LogP contribution in [-0.2, 0) is 19.1 Å². The van der Waals surface area contributed by atoms with Crippen molar-refractivity contribution < 1.29 is 23.5 Å². The fourth-order valence-electron chi connectivity index (χ4n) is 6.64. The van der Waals surface area contributed by atoms with Crippen LogP contribution in [0.1, 0.15) is 53.4 Å². The van der Waals surface area contributed by atoms with Gasteiger partial charge >= 0.3 is 5.97 Å². The molecule has 6 atom stereocenters. The van der Waals surface area contributed by atoms with Crippen LogP contribution in [0.25, 0.3) is 0 Å². The van der Waals surface area contributed by atoms with Gasteiger partial charge in [-0.2, -0.15) is 0 Å². The zero-order valence-corrected chi connectivity index (χ0v) is 16.9. The van der Waals surface area contributed by atoms with E-state index in [1.54, 1.807) is 6.08 Å². The third kappa shape index (κ3) is 2.31. The van der Waals surface area contributed by atoms with E-state index < -0.39 is 23.0 Å². The average Bonchev–Trinajstić information content (AvgIpc) is 2.83. The van der Waals surface area contributed by atoms with Gasteiger partial charge < -0.3 is 4.74 Å². The minimum Gasteiger partial charge on any atom is -0.422 e. The first kappa shape index (κ1) is 19.3. The van der Waals surface area contributed by atoms with Crippen molar-refractivity contribution in [3.63, 3.8) is 0 Å². The fourth-order valence-corrected chi connectivity index (χ4v) is 6.64. The first-order valence-electron chi connectivity index (χ1n) is 10.0. The second-order valence-electron chi connectivity index (χ2n) is 9.40. The Kier molecular flexibility index (Phi) is 4.12. The second-order valence-corrected chi connectivity index (χ2v) is 9.40. The Morgan fingerprint density at radius 2 is 1.96 bits per heavy atom. The summed E-state index contributed by atoms with van der Waals surface area (Å²) in [6.45, 7) is 11.5. The summed E-state index contributed by atoms with van der Waals surface area (Å²) >= 11 is 0. The molecular weight excluding hydrogens is 359 g/mol. The molecule has 0 aromatic carbocycles. The first-order chi connectivity index (χ1) is 13.0. The first-order valence-corrected chi connectivity index (χ1v) is 10.0. The molecule has 0 aromatic heterocycles. The van der Waals surface area contributed by atoms with Crippen LogP contribution in [0.3, 0.4) is 0 Å². The number of alkyl halides is 1. The molecule has 150 valence electrons. The predicted molar refractivity (Wildman–Crippen MR) is 102 cm³/mol. The zero-order valence-electron chi connectivity index (χ0n) is 16.9. The van der Waals surface area contributed by atoms with Gasteiger partial charge in [-0.3, -0.25) is 14.4 Å². The molecule has 3 fully saturated rings. The Morgan fingerprint density at radius 1 is 1.29 bits per heavy atom. The van der Waals surface area contributed by atoms with Crippen molar-refractivity contribution in [3.05, 3.63) is 35.1 Å². The number of fused-ring (bicyclic) bond motifs is 5. The molecule has 0 bridgehead atoms. The van der Waals surface area contributed by atoms with Crippen molar-refractivity contribution in [2.45, 2.75) is 59.5 Å². The number of ketones is 2. The number of hydrogen-bond donors (Lipinski definition) is 0. The van der Waals surface area contributed by atoms with Gasteiger partial charge in [0.1, 0.15) is 0 Å². The van der Waals surface area contributed by atoms with Crippen LogP contribution in [0.5, 0.6) is 0 Å². The van der Waals surface area contributed by atoms with Crippen LogP contribution in [0, 0.1) is 28.6 Å². The van der Waals surface area contributed by atoms with Crippen molar-refractivity contribution in [2.24, 2.45) is 28.6 Å². The average molecular weight is 386 g/mol. The van der Waals surface area contributed by atoms with Crippen LogP contribution in [0.15, 0.2) is 35.1 Å². The van der Waals surface area contributed by atoms with Gasteiger partial charge in [0.05, 0.1) is 0 Å². The molecule has 4 aliphatic carbocycles. The highest BCUT2D eigenvalue weighted by Crippen LogP contribution is 2.66. The van der Waals surface area contributed by atoms with Gasteiger partial charge in [0.2, 0.25) is 5.78 Å². The van der Waals surface area contributed by atoms with Gasteiger partial charge in [-0.25, -0.2) is 4.39 Å². The number of ether oxygens (including phenoxy) is 1. The van der Waals surface area contributed by atoms with Gasteiger partial charge in [-0.05, 0) is 62.0 Å². The molecule has 5 heteroatoms. The SMILES string of the molecule is C=C1C[C@@H]2[C@H](CC[C@]3(C)C(=O)[C@@H](F)C[C@@H]23)[C@@]2(C)C(C)=CC(=O)C(OC(C)=O)=C12. The maximum Gasteiger partial charge on any atom is 0.308 e. The number of allylic oxidation sites excluding steroid dienone is 4. The smallest absolute Gasteiger partial charge is 0.308 e. The molecule has 28 heavy (non-hydrogen) atoms. The maximum absolute atomic E-state index is 14.4. The predicted octanol–water partition coefficient (Wildman–Crippen LogP) is 4.26. The van der Waals surface area contributed by atoms with Gasteiger partial charge in [0.15, 0.2) is 17.7 Å². The number of esters is 1. The molecule has 4 rings (SSSR count). The highest BCUT2D eigenvalue weighted by atomic mass is 19.1. The van der Waals surface area contributed by atoms with Crippen LogP contribution in [0.4, 0.5) is 4.39 Å². The lowest BCUT2D eigenvalue weighted by Crippen LogP contribution is -2.52. The molecule has 0 aromatic rings. The van der Waals surface area contributed by atoms with E-state index in [0.717, 1.165) is 23.1 Å². The number of rotatable bonds is 1. The molecular formula is C23H27FO4. The van der Waals surface area contributed by atoms with Crippen LogP contribution in [0.2, 0.25) is 0 Å². The molecule has 3 saturated carbocycles. The summed E-state index contributed by atoms with van der Waals surface area (Å²) in [4.78, 5) is 36.8. The molecule has 4 nitrogen and oxygen atoms in total. The van der Waals surface area contributed by atoms with E-state index >= 15 is 0 Å². The molecule has 4 aliphatic rings. The van der Waals surface area contributed by atoms with Crippen LogP contribution in [-0.4, -0.2) is 23.7 Å². The minimum absolute atomic E-state index is 0.0218. The third-order valence-corrected chi connectivity index (χ3v) is 8.09. The summed E-state index contributed by atoms with van der Waals surface area (Å²) in [7, 11) is 0. The van der Waals surface area contributed by atoms with Gasteiger partial charge in [0, 0.05) is 23.3 Å². The van der Waals surface area contributed by atoms with E-state index in [2.05, 4.69) is 13.5 Å². The lowest BCUT2D eigenvalue weighted by Gasteiger charge is -2.57. The molecule has 0 radical (unpaired) electrons. The van der Waals surface area contributed by atoms with Crippen LogP contribution < -0.4 is 0 Å². The van der Waals surface area contributed by atoms with E-state index in [-0.39, 0.29) is 41.5 Å². The van der Waals surface area contributed by atoms with E-state index in [9.17, 15) is 18.8 Å². The molecule has 0 aliphatic heterocycles. The van der Waals surface area contributed by atoms with E-state index in [1.165, 1.54) is 6.92 Å². The fraction of sp³-hybridized carbons (Fsp3) is 0.609. The summed E-state index contributed by atoms with van der Waals surface area (Å²) in [6, 6.07) is 0. The van der Waals surface area contributed by atoms with Gasteiger partial charge in [-0.1, -0.05) is 26.0 Å². The Bertz CT molecular complexity index is 881. The van der Waals surface area contributed by atoms with E-state index in [4.69, 9.17) is 4.74 Å². The Labute approximate surface area is 164 Å². The minimum atomic E-state index is -1.38. The van der Waals surface area contributed by atoms with Crippen molar-refractivity contribution in [1.29, 1.82) is 0 Å². The zero-order chi connectivity index (χ0) is 20.6. The molecule has 0 spiro atoms. The molecule has 0 amide bonds. The lowest BCUT2D eigenvalue weighted by atomic mass is 9.46. The largest absolute Gasteiger partial charge is 0.422 e. The molecule has 0 heterocycles. The van der Waals surface area contributed by atoms with Gasteiger partial charge in [0.25, 0.3) is 0 Å². The highest BCUT2D eigenvalue weighted by Gasteiger charge is 2.63. The quantitative estimate of drug-likeness (QED) is 0.632. The molecule has 0 N–H and O–H groups in total. The summed E-state index contributed by atoms with van der Waals surface area (Å²) in [5, 5.41) is 0. The lowest BCUT2D eigenvalue weighted by molar-refractivity contribution is -0.140. The van der Waals surface area contributed by atoms with E-state index in [0.29, 0.717) is 12.8 Å². The Balaban J connectivity index is 1.84. The van der Waals surface area contributed by atoms with Crippen molar-refractivity contribution in [1.82, 2.24) is 0 Å². The maximum atomic E-state index is 14.4. The topological polar surface area (TPSA) is 60.4 Å². The standard InChI is InChI=1S/C23H27FO4/c1-11-8-14-15(6-7-22(4)16(14)10-17(24)21(22)27)23(5)12(2)9-18(26)20(19(11)23)28-13(3)25/h9,14-17H,1,6-8,10H2,2-5H3/t14-,15+,16+,17+,22+,23-/m1/s1. The van der Waals surface area contributed by atoms with Crippen LogP contribution >= 0.6 is 0 Å². The molecule has 0 unspecified atom stereocenters. The van der Waals surface area contributed by atoms with Crippen molar-refractivity contribution >= 4 is 17.5 Å². The Hall–Kier alpha value is -2.04. The summed E-state index contributed by atoms with van der Waals surface area (Å²) < 4.78 is 19.7.